The lowest BCUT2D eigenvalue weighted by atomic mass is 10.1. The molecule has 1 fully saturated rings. The topological polar surface area (TPSA) is 95.0 Å². The number of hydrogen-bond donors (Lipinski definition) is 1. The molecule has 3 heterocycles. The Bertz CT molecular complexity index is 1180. The smallest absolute Gasteiger partial charge is 0.263 e. The highest BCUT2D eigenvalue weighted by molar-refractivity contribution is 7.89. The number of benzene rings is 1. The molecule has 1 aromatic carbocycles. The number of sulfonamides is 1. The third kappa shape index (κ3) is 3.23. The van der Waals surface area contributed by atoms with E-state index in [-0.39, 0.29) is 22.9 Å². The van der Waals surface area contributed by atoms with Gasteiger partial charge in [0.1, 0.15) is 0 Å². The van der Waals surface area contributed by atoms with Crippen LogP contribution in [-0.4, -0.2) is 48.8 Å². The Morgan fingerprint density at radius 1 is 1.27 bits per heavy atom. The Labute approximate surface area is 179 Å². The predicted molar refractivity (Wildman–Crippen MR) is 115 cm³/mol. The van der Waals surface area contributed by atoms with Crippen molar-refractivity contribution in [3.8, 4) is 0 Å². The van der Waals surface area contributed by atoms with Gasteiger partial charge in [0, 0.05) is 10.9 Å². The first-order valence-corrected chi connectivity index (χ1v) is 12.3. The second-order valence-corrected chi connectivity index (χ2v) is 11.1. The second-order valence-electron chi connectivity index (χ2n) is 8.07. The molecule has 2 aromatic rings. The van der Waals surface area contributed by atoms with Crippen molar-refractivity contribution in [1.29, 1.82) is 0 Å². The van der Waals surface area contributed by atoms with Crippen molar-refractivity contribution in [3.05, 3.63) is 39.3 Å². The summed E-state index contributed by atoms with van der Waals surface area (Å²) in [6.07, 6.45) is 1.71. The van der Waals surface area contributed by atoms with Crippen molar-refractivity contribution in [2.45, 2.75) is 57.1 Å². The summed E-state index contributed by atoms with van der Waals surface area (Å²) in [5.41, 5.74) is 2.00. The number of nitrogens with zero attached hydrogens (tertiary/aromatic N) is 4. The fourth-order valence-electron chi connectivity index (χ4n) is 3.92. The van der Waals surface area contributed by atoms with Gasteiger partial charge in [0.05, 0.1) is 46.0 Å². The van der Waals surface area contributed by atoms with E-state index in [1.54, 1.807) is 28.4 Å². The largest absolute Gasteiger partial charge is 0.307 e. The van der Waals surface area contributed by atoms with Crippen LogP contribution in [0.1, 0.15) is 45.7 Å². The molecule has 3 aliphatic rings. The van der Waals surface area contributed by atoms with Crippen LogP contribution in [0.25, 0.3) is 0 Å². The minimum atomic E-state index is -3.65. The summed E-state index contributed by atoms with van der Waals surface area (Å²) in [6.45, 7) is 6.89. The number of amides is 1. The van der Waals surface area contributed by atoms with Crippen molar-refractivity contribution in [1.82, 2.24) is 14.6 Å². The van der Waals surface area contributed by atoms with Gasteiger partial charge in [-0.25, -0.2) is 18.1 Å². The highest BCUT2D eigenvalue weighted by Crippen LogP contribution is 2.36. The number of carbonyl (C=O) groups is 1. The second kappa shape index (κ2) is 6.86. The summed E-state index contributed by atoms with van der Waals surface area (Å²) in [4.78, 5) is 27.4. The monoisotopic (exact) mass is 445 g/mol. The van der Waals surface area contributed by atoms with Gasteiger partial charge in [0.2, 0.25) is 16.0 Å². The average Bonchev–Trinajstić information content (AvgIpc) is 3.32. The van der Waals surface area contributed by atoms with Gasteiger partial charge in [0.15, 0.2) is 0 Å². The van der Waals surface area contributed by atoms with Gasteiger partial charge in [-0.3, -0.25) is 14.7 Å². The van der Waals surface area contributed by atoms with Crippen molar-refractivity contribution in [3.63, 3.8) is 0 Å². The van der Waals surface area contributed by atoms with Gasteiger partial charge in [-0.1, -0.05) is 0 Å². The molecule has 0 unspecified atom stereocenters. The standard InChI is InChI=1S/C20H23N5O3S2/c1-11-9-21-20-24(10-18-12(2)22-13(3)29-18)19(26)16-8-15(6-7-17(16)25(11)20)30(27,28)23-14-4-5-14/h6-8,11,14,23H,4-5,9-10H2,1-3H3/t11-/m1/s1. The van der Waals surface area contributed by atoms with Gasteiger partial charge in [-0.2, -0.15) is 0 Å². The molecule has 0 radical (unpaired) electrons. The highest BCUT2D eigenvalue weighted by atomic mass is 32.2. The number of carbonyl (C=O) groups excluding carboxylic acids is 1. The van der Waals surface area contributed by atoms with Crippen LogP contribution < -0.4 is 9.62 Å². The van der Waals surface area contributed by atoms with Crippen molar-refractivity contribution in [2.75, 3.05) is 11.4 Å². The fourth-order valence-corrected chi connectivity index (χ4v) is 6.18. The summed E-state index contributed by atoms with van der Waals surface area (Å²) < 4.78 is 28.1. The van der Waals surface area contributed by atoms with Crippen molar-refractivity contribution >= 4 is 38.9 Å². The normalized spacial score (nSPS) is 21.0. The van der Waals surface area contributed by atoms with E-state index in [1.165, 1.54) is 6.07 Å². The first-order valence-electron chi connectivity index (χ1n) is 9.99. The minimum Gasteiger partial charge on any atom is -0.307 e. The van der Waals surface area contributed by atoms with Crippen molar-refractivity contribution in [2.24, 2.45) is 4.99 Å². The minimum absolute atomic E-state index is 0.00751. The van der Waals surface area contributed by atoms with Gasteiger partial charge in [-0.05, 0) is 51.8 Å². The van der Waals surface area contributed by atoms with Crippen LogP contribution in [0, 0.1) is 13.8 Å². The predicted octanol–water partition coefficient (Wildman–Crippen LogP) is 2.42. The molecule has 1 aromatic heterocycles. The number of guanidine groups is 1. The van der Waals surface area contributed by atoms with E-state index in [2.05, 4.69) is 21.6 Å². The van der Waals surface area contributed by atoms with Gasteiger partial charge < -0.3 is 4.90 Å². The van der Waals surface area contributed by atoms with E-state index in [4.69, 9.17) is 0 Å². The van der Waals surface area contributed by atoms with Gasteiger partial charge in [0.25, 0.3) is 5.91 Å². The van der Waals surface area contributed by atoms with Crippen LogP contribution in [0.2, 0.25) is 0 Å². The van der Waals surface area contributed by atoms with Crippen LogP contribution in [-0.2, 0) is 16.6 Å². The fraction of sp³-hybridized carbons (Fsp3) is 0.450. The van der Waals surface area contributed by atoms with E-state index >= 15 is 0 Å². The molecule has 1 aliphatic carbocycles. The third-order valence-electron chi connectivity index (χ3n) is 5.61. The lowest BCUT2D eigenvalue weighted by Gasteiger charge is -2.38. The summed E-state index contributed by atoms with van der Waals surface area (Å²) in [6, 6.07) is 4.90. The third-order valence-corrected chi connectivity index (χ3v) is 8.18. The first kappa shape index (κ1) is 19.7. The van der Waals surface area contributed by atoms with Crippen LogP contribution in [0.3, 0.4) is 0 Å². The first-order chi connectivity index (χ1) is 14.2. The molecule has 2 aliphatic heterocycles. The molecule has 5 rings (SSSR count). The van der Waals surface area contributed by atoms with Gasteiger partial charge in [-0.15, -0.1) is 11.3 Å². The maximum absolute atomic E-state index is 13.5. The Balaban J connectivity index is 1.56. The van der Waals surface area contributed by atoms with E-state index in [0.29, 0.717) is 30.3 Å². The van der Waals surface area contributed by atoms with E-state index < -0.39 is 10.0 Å². The number of aliphatic imine (C=N–C) groups is 1. The van der Waals surface area contributed by atoms with Crippen LogP contribution in [0.5, 0.6) is 0 Å². The molecule has 0 spiro atoms. The molecular formula is C20H23N5O3S2. The summed E-state index contributed by atoms with van der Waals surface area (Å²) in [5.74, 6) is 0.389. The molecule has 1 N–H and O–H groups in total. The Hall–Kier alpha value is -2.30. The molecule has 1 saturated carbocycles. The molecule has 0 bridgehead atoms. The molecular weight excluding hydrogens is 422 g/mol. The number of thiazole rings is 1. The molecule has 10 heteroatoms. The number of hydrogen-bond acceptors (Lipinski definition) is 7. The molecule has 0 saturated heterocycles. The number of aryl methyl sites for hydroxylation is 2. The van der Waals surface area contributed by atoms with E-state index in [0.717, 1.165) is 28.4 Å². The van der Waals surface area contributed by atoms with Gasteiger partial charge >= 0.3 is 0 Å². The quantitative estimate of drug-likeness (QED) is 0.763. The lowest BCUT2D eigenvalue weighted by molar-refractivity contribution is 0.0833. The average molecular weight is 446 g/mol. The molecule has 158 valence electrons. The Kier molecular flexibility index (Phi) is 4.49. The maximum Gasteiger partial charge on any atom is 0.263 e. The maximum atomic E-state index is 13.5. The Morgan fingerprint density at radius 2 is 2.03 bits per heavy atom. The summed E-state index contributed by atoms with van der Waals surface area (Å²) in [5, 5.41) is 0.950. The van der Waals surface area contributed by atoms with Crippen LogP contribution in [0.15, 0.2) is 28.1 Å². The zero-order chi connectivity index (χ0) is 21.2. The zero-order valence-corrected chi connectivity index (χ0v) is 18.7. The number of rotatable bonds is 5. The zero-order valence-electron chi connectivity index (χ0n) is 17.0. The van der Waals surface area contributed by atoms with E-state index in [9.17, 15) is 13.2 Å². The van der Waals surface area contributed by atoms with Crippen LogP contribution in [0.4, 0.5) is 5.69 Å². The van der Waals surface area contributed by atoms with E-state index in [1.807, 2.05) is 18.7 Å². The SMILES string of the molecule is Cc1nc(C)c(CN2C(=O)c3cc(S(=O)(=O)NC4CC4)ccc3N3C2=NC[C@H]3C)s1. The molecule has 1 atom stereocenters. The molecule has 8 nitrogen and oxygen atoms in total. The Morgan fingerprint density at radius 3 is 2.70 bits per heavy atom. The highest BCUT2D eigenvalue weighted by Gasteiger charge is 2.41. The van der Waals surface area contributed by atoms with Crippen molar-refractivity contribution < 1.29 is 13.2 Å². The van der Waals surface area contributed by atoms with Crippen LogP contribution >= 0.6 is 11.3 Å². The molecule has 1 amide bonds. The molecule has 30 heavy (non-hydrogen) atoms. The number of nitrogens with one attached hydrogen (secondary N) is 1. The lowest BCUT2D eigenvalue weighted by Crippen LogP contribution is -2.52. The summed E-state index contributed by atoms with van der Waals surface area (Å²) in [7, 11) is -3.65. The summed E-state index contributed by atoms with van der Waals surface area (Å²) >= 11 is 1.56. The number of anilines is 1. The number of aromatic nitrogens is 1. The number of fused-ring (bicyclic) bond motifs is 3.